The van der Waals surface area contributed by atoms with Gasteiger partial charge in [0.05, 0.1) is 0 Å². The van der Waals surface area contributed by atoms with E-state index < -0.39 is 5.91 Å². The summed E-state index contributed by atoms with van der Waals surface area (Å²) >= 11 is 0. The Bertz CT molecular complexity index is 830. The van der Waals surface area contributed by atoms with Gasteiger partial charge in [0.25, 0.3) is 5.91 Å². The topological polar surface area (TPSA) is 106 Å². The molecule has 0 aromatic heterocycles. The number of nitrogens with one attached hydrogen (secondary N) is 1. The normalized spacial score (nSPS) is 13.6. The second kappa shape index (κ2) is 12.2. The molecule has 7 nitrogen and oxygen atoms in total. The Morgan fingerprint density at radius 1 is 1.28 bits per heavy atom. The Hall–Kier alpha value is -3.32. The summed E-state index contributed by atoms with van der Waals surface area (Å²) in [4.78, 5) is 15.9. The highest BCUT2D eigenvalue weighted by atomic mass is 16.5. The van der Waals surface area contributed by atoms with Gasteiger partial charge < -0.3 is 25.6 Å². The summed E-state index contributed by atoms with van der Waals surface area (Å²) in [5.74, 6) is -0.205. The maximum absolute atomic E-state index is 12.1. The molecule has 0 bridgehead atoms. The van der Waals surface area contributed by atoms with Crippen LogP contribution in [0, 0.1) is 0 Å². The summed E-state index contributed by atoms with van der Waals surface area (Å²) < 4.78 is 10.6. The molecule has 0 aliphatic carbocycles. The van der Waals surface area contributed by atoms with Crippen LogP contribution >= 0.6 is 0 Å². The predicted octanol–water partition coefficient (Wildman–Crippen LogP) is 3.24. The molecule has 0 unspecified atom stereocenters. The van der Waals surface area contributed by atoms with Crippen molar-refractivity contribution in [2.45, 2.75) is 19.4 Å². The fourth-order valence-corrected chi connectivity index (χ4v) is 2.43. The van der Waals surface area contributed by atoms with E-state index in [4.69, 9.17) is 15.2 Å². The molecule has 2 aromatic rings. The minimum Gasteiger partial charge on any atom is -0.508 e. The van der Waals surface area contributed by atoms with Crippen molar-refractivity contribution in [2.24, 2.45) is 10.7 Å². The molecule has 1 aliphatic rings. The number of hydrogen-bond donors (Lipinski definition) is 3. The lowest BCUT2D eigenvalue weighted by Crippen LogP contribution is -2.12. The number of carbonyl (C=O) groups is 1. The molecule has 156 valence electrons. The standard InChI is InChI=1S/C18H19N3O3.C4H8O.H2/c1-20-8-7-17(19)21-18(23)14-9-15(22)11-16(10-14)24-12-13-5-3-2-4-6-13;1-2-4-5-3-1;/h2-11,20,22H,12H2,1H3,(H2,19,21,23);1-4H2;1H/b8-7-;;. The first kappa shape index (κ1) is 22.0. The molecule has 1 amide bonds. The number of carbonyl (C=O) groups excluding carboxylic acids is 1. The van der Waals surface area contributed by atoms with Gasteiger partial charge in [-0.05, 0) is 42.8 Å². The highest BCUT2D eigenvalue weighted by Gasteiger charge is 2.09. The summed E-state index contributed by atoms with van der Waals surface area (Å²) in [5, 5.41) is 12.5. The molecule has 0 atom stereocenters. The maximum atomic E-state index is 12.1. The summed E-state index contributed by atoms with van der Waals surface area (Å²) in [6.45, 7) is 2.33. The average molecular weight is 399 g/mol. The largest absolute Gasteiger partial charge is 0.508 e. The molecule has 3 rings (SSSR count). The van der Waals surface area contributed by atoms with Gasteiger partial charge in [-0.1, -0.05) is 30.3 Å². The molecule has 1 fully saturated rings. The van der Waals surface area contributed by atoms with E-state index in [0.29, 0.717) is 12.4 Å². The number of benzene rings is 2. The molecule has 4 N–H and O–H groups in total. The van der Waals surface area contributed by atoms with Crippen molar-refractivity contribution in [3.63, 3.8) is 0 Å². The number of rotatable bonds is 6. The molecule has 1 heterocycles. The minimum atomic E-state index is -0.561. The van der Waals surface area contributed by atoms with Crippen molar-refractivity contribution < 1.29 is 20.8 Å². The van der Waals surface area contributed by atoms with Gasteiger partial charge in [-0.25, -0.2) is 0 Å². The summed E-state index contributed by atoms with van der Waals surface area (Å²) in [6.07, 6.45) is 5.58. The summed E-state index contributed by atoms with van der Waals surface area (Å²) in [6, 6.07) is 13.9. The molecule has 2 aromatic carbocycles. The van der Waals surface area contributed by atoms with Crippen molar-refractivity contribution in [1.29, 1.82) is 0 Å². The Balaban J connectivity index is 0.000000655. The number of nitrogens with zero attached hydrogens (tertiary/aromatic N) is 1. The lowest BCUT2D eigenvalue weighted by molar-refractivity contribution is 0.100. The smallest absolute Gasteiger partial charge is 0.279 e. The Morgan fingerprint density at radius 3 is 2.62 bits per heavy atom. The van der Waals surface area contributed by atoms with E-state index in [9.17, 15) is 9.90 Å². The SMILES string of the molecule is C1CCOC1.CN/C=C\C(N)=NC(=O)c1cc(O)cc(OCc2ccccc2)c1.[HH]. The zero-order valence-corrected chi connectivity index (χ0v) is 16.5. The summed E-state index contributed by atoms with van der Waals surface area (Å²) in [5.41, 5.74) is 6.79. The lowest BCUT2D eigenvalue weighted by Gasteiger charge is -2.08. The van der Waals surface area contributed by atoms with Crippen LogP contribution in [0.25, 0.3) is 0 Å². The van der Waals surface area contributed by atoms with E-state index in [1.165, 1.54) is 37.1 Å². The van der Waals surface area contributed by atoms with Crippen molar-refractivity contribution in [2.75, 3.05) is 20.3 Å². The third kappa shape index (κ3) is 8.49. The van der Waals surface area contributed by atoms with Crippen LogP contribution in [0.3, 0.4) is 0 Å². The van der Waals surface area contributed by atoms with E-state index in [1.807, 2.05) is 30.3 Å². The number of nitrogens with two attached hydrogens (primary N) is 1. The van der Waals surface area contributed by atoms with Crippen molar-refractivity contribution in [3.05, 3.63) is 71.9 Å². The number of ether oxygens (including phenoxy) is 2. The van der Waals surface area contributed by atoms with E-state index in [0.717, 1.165) is 18.8 Å². The number of phenols is 1. The van der Waals surface area contributed by atoms with Gasteiger partial charge in [0, 0.05) is 33.3 Å². The molecule has 0 saturated carbocycles. The van der Waals surface area contributed by atoms with Crippen LogP contribution in [0.15, 0.2) is 65.8 Å². The second-order valence-corrected chi connectivity index (χ2v) is 6.27. The quantitative estimate of drug-likeness (QED) is 0.509. The first-order valence-corrected chi connectivity index (χ1v) is 9.39. The van der Waals surface area contributed by atoms with Gasteiger partial charge in [-0.2, -0.15) is 4.99 Å². The monoisotopic (exact) mass is 399 g/mol. The number of amides is 1. The fourth-order valence-electron chi connectivity index (χ4n) is 2.43. The van der Waals surface area contributed by atoms with Crippen LogP contribution < -0.4 is 15.8 Å². The molecular formula is C22H29N3O4. The van der Waals surface area contributed by atoms with E-state index >= 15 is 0 Å². The molecular weight excluding hydrogens is 370 g/mol. The van der Waals surface area contributed by atoms with Crippen molar-refractivity contribution in [1.82, 2.24) is 5.32 Å². The van der Waals surface area contributed by atoms with Crippen molar-refractivity contribution in [3.8, 4) is 11.5 Å². The van der Waals surface area contributed by atoms with Gasteiger partial charge in [0.1, 0.15) is 23.9 Å². The van der Waals surface area contributed by atoms with Crippen LogP contribution in [0.2, 0.25) is 0 Å². The fraction of sp³-hybridized carbons (Fsp3) is 0.273. The number of aromatic hydroxyl groups is 1. The molecule has 0 spiro atoms. The third-order valence-corrected chi connectivity index (χ3v) is 3.87. The summed E-state index contributed by atoms with van der Waals surface area (Å²) in [7, 11) is 1.71. The van der Waals surface area contributed by atoms with Crippen LogP contribution in [0.5, 0.6) is 11.5 Å². The maximum Gasteiger partial charge on any atom is 0.279 e. The van der Waals surface area contributed by atoms with Gasteiger partial charge >= 0.3 is 0 Å². The lowest BCUT2D eigenvalue weighted by atomic mass is 10.2. The van der Waals surface area contributed by atoms with Gasteiger partial charge in [-0.3, -0.25) is 4.79 Å². The first-order valence-electron chi connectivity index (χ1n) is 9.39. The van der Waals surface area contributed by atoms with Gasteiger partial charge in [-0.15, -0.1) is 0 Å². The Kier molecular flexibility index (Phi) is 9.24. The Labute approximate surface area is 172 Å². The molecule has 1 aliphatic heterocycles. The van der Waals surface area contributed by atoms with E-state index in [1.54, 1.807) is 13.2 Å². The molecule has 7 heteroatoms. The van der Waals surface area contributed by atoms with Gasteiger partial charge in [0.2, 0.25) is 0 Å². The second-order valence-electron chi connectivity index (χ2n) is 6.27. The van der Waals surface area contributed by atoms with Crippen LogP contribution in [-0.2, 0) is 11.3 Å². The van der Waals surface area contributed by atoms with Crippen LogP contribution in [0.1, 0.15) is 30.2 Å². The molecule has 1 saturated heterocycles. The first-order chi connectivity index (χ1) is 14.1. The third-order valence-electron chi connectivity index (χ3n) is 3.87. The number of phenolic OH excluding ortho intramolecular Hbond substituents is 1. The highest BCUT2D eigenvalue weighted by Crippen LogP contribution is 2.23. The average Bonchev–Trinajstić information content (AvgIpc) is 3.31. The zero-order chi connectivity index (χ0) is 20.9. The van der Waals surface area contributed by atoms with E-state index in [-0.39, 0.29) is 18.6 Å². The van der Waals surface area contributed by atoms with Crippen LogP contribution in [0.4, 0.5) is 0 Å². The zero-order valence-electron chi connectivity index (χ0n) is 16.5. The highest BCUT2D eigenvalue weighted by molar-refractivity contribution is 6.06. The number of hydrogen-bond acceptors (Lipinski definition) is 5. The van der Waals surface area contributed by atoms with Crippen LogP contribution in [-0.4, -0.2) is 37.1 Å². The predicted molar refractivity (Wildman–Crippen MR) is 115 cm³/mol. The minimum absolute atomic E-state index is 0. The molecule has 29 heavy (non-hydrogen) atoms. The number of aliphatic imine (C=N–C) groups is 1. The van der Waals surface area contributed by atoms with Crippen molar-refractivity contribution >= 4 is 11.7 Å². The Morgan fingerprint density at radius 2 is 2.00 bits per heavy atom. The van der Waals surface area contributed by atoms with E-state index in [2.05, 4.69) is 10.3 Å². The molecule has 0 radical (unpaired) electrons. The van der Waals surface area contributed by atoms with Gasteiger partial charge in [0.15, 0.2) is 0 Å². The number of amidine groups is 1.